The maximum atomic E-state index is 12.6. The molecular weight excluding hydrogens is 184 g/mol. The number of allylic oxidation sites excluding steroid dienone is 1. The van der Waals surface area contributed by atoms with E-state index in [2.05, 4.69) is 27.4 Å². The van der Waals surface area contributed by atoms with Crippen molar-refractivity contribution in [2.24, 2.45) is 11.8 Å². The number of alkyl halides is 2. The van der Waals surface area contributed by atoms with E-state index in [9.17, 15) is 8.78 Å². The van der Waals surface area contributed by atoms with Crippen molar-refractivity contribution in [2.45, 2.75) is 33.1 Å². The third kappa shape index (κ3) is 2.69. The van der Waals surface area contributed by atoms with Crippen molar-refractivity contribution >= 4 is 0 Å². The maximum absolute atomic E-state index is 12.6. The lowest BCUT2D eigenvalue weighted by atomic mass is 9.92. The highest BCUT2D eigenvalue weighted by Gasteiger charge is 2.44. The Labute approximate surface area is 84.8 Å². The van der Waals surface area contributed by atoms with Crippen LogP contribution in [0.1, 0.15) is 27.2 Å². The van der Waals surface area contributed by atoms with Crippen LogP contribution in [-0.4, -0.2) is 23.9 Å². The monoisotopic (exact) mass is 203 g/mol. The van der Waals surface area contributed by atoms with E-state index in [1.54, 1.807) is 4.90 Å². The largest absolute Gasteiger partial charge is 0.363 e. The number of likely N-dealkylation sites (tertiary alicyclic amines) is 1. The standard InChI is InChI=1S/C11H19F2N/c1-8(2)9(3)5-10(4)14-6-11(12,13)7-14/h8-9H,4-7H2,1-3H3. The molecule has 0 saturated carbocycles. The molecule has 1 unspecified atom stereocenters. The Morgan fingerprint density at radius 3 is 2.21 bits per heavy atom. The van der Waals surface area contributed by atoms with Crippen LogP contribution < -0.4 is 0 Å². The summed E-state index contributed by atoms with van der Waals surface area (Å²) in [4.78, 5) is 1.68. The van der Waals surface area contributed by atoms with Crippen LogP contribution in [0.4, 0.5) is 8.78 Å². The van der Waals surface area contributed by atoms with Gasteiger partial charge in [0.2, 0.25) is 0 Å². The van der Waals surface area contributed by atoms with E-state index >= 15 is 0 Å². The summed E-state index contributed by atoms with van der Waals surface area (Å²) < 4.78 is 25.1. The first-order chi connectivity index (χ1) is 6.32. The van der Waals surface area contributed by atoms with Gasteiger partial charge in [0.15, 0.2) is 0 Å². The van der Waals surface area contributed by atoms with Crippen molar-refractivity contribution in [3.63, 3.8) is 0 Å². The highest BCUT2D eigenvalue weighted by atomic mass is 19.3. The molecule has 0 aromatic heterocycles. The summed E-state index contributed by atoms with van der Waals surface area (Å²) in [5, 5.41) is 0. The Bertz CT molecular complexity index is 215. The molecule has 0 aromatic rings. The number of halogens is 2. The van der Waals surface area contributed by atoms with Gasteiger partial charge >= 0.3 is 0 Å². The van der Waals surface area contributed by atoms with Crippen molar-refractivity contribution < 1.29 is 8.78 Å². The second-order valence-electron chi connectivity index (χ2n) is 4.70. The predicted octanol–water partition coefficient (Wildman–Crippen LogP) is 3.13. The number of rotatable bonds is 4. The molecule has 0 N–H and O–H groups in total. The fourth-order valence-corrected chi connectivity index (χ4v) is 1.47. The maximum Gasteiger partial charge on any atom is 0.282 e. The van der Waals surface area contributed by atoms with Gasteiger partial charge in [0.1, 0.15) is 0 Å². The predicted molar refractivity (Wildman–Crippen MR) is 54.3 cm³/mol. The molecule has 1 saturated heterocycles. The van der Waals surface area contributed by atoms with E-state index in [1.807, 2.05) is 0 Å². The zero-order chi connectivity index (χ0) is 10.9. The lowest BCUT2D eigenvalue weighted by Gasteiger charge is -2.42. The Hall–Kier alpha value is -0.600. The van der Waals surface area contributed by atoms with E-state index in [0.29, 0.717) is 11.8 Å². The van der Waals surface area contributed by atoms with Gasteiger partial charge in [-0.1, -0.05) is 27.4 Å². The molecule has 82 valence electrons. The van der Waals surface area contributed by atoms with Crippen molar-refractivity contribution in [2.75, 3.05) is 13.1 Å². The zero-order valence-corrected chi connectivity index (χ0v) is 9.19. The van der Waals surface area contributed by atoms with Gasteiger partial charge in [0, 0.05) is 5.70 Å². The molecule has 1 aliphatic heterocycles. The first-order valence-electron chi connectivity index (χ1n) is 5.12. The Morgan fingerprint density at radius 2 is 1.86 bits per heavy atom. The smallest absolute Gasteiger partial charge is 0.282 e. The van der Waals surface area contributed by atoms with Gasteiger partial charge in [0.25, 0.3) is 5.92 Å². The van der Waals surface area contributed by atoms with E-state index < -0.39 is 5.92 Å². The third-order valence-electron chi connectivity index (χ3n) is 2.99. The Morgan fingerprint density at radius 1 is 1.36 bits per heavy atom. The molecule has 1 aliphatic rings. The summed E-state index contributed by atoms with van der Waals surface area (Å²) in [6, 6.07) is 0. The van der Waals surface area contributed by atoms with Crippen LogP contribution >= 0.6 is 0 Å². The lowest BCUT2D eigenvalue weighted by molar-refractivity contribution is -0.117. The van der Waals surface area contributed by atoms with Gasteiger partial charge < -0.3 is 4.90 Å². The summed E-state index contributed by atoms with van der Waals surface area (Å²) >= 11 is 0. The molecule has 0 aliphatic carbocycles. The SMILES string of the molecule is C=C(CC(C)C(C)C)N1CC(F)(F)C1. The van der Waals surface area contributed by atoms with Gasteiger partial charge in [-0.2, -0.15) is 0 Å². The number of hydrogen-bond donors (Lipinski definition) is 0. The van der Waals surface area contributed by atoms with E-state index in [1.165, 1.54) is 0 Å². The van der Waals surface area contributed by atoms with E-state index in [-0.39, 0.29) is 13.1 Å². The molecule has 14 heavy (non-hydrogen) atoms. The van der Waals surface area contributed by atoms with E-state index in [4.69, 9.17) is 0 Å². The minimum Gasteiger partial charge on any atom is -0.363 e. The minimum absolute atomic E-state index is 0.142. The second kappa shape index (κ2) is 3.87. The molecule has 1 rings (SSSR count). The lowest BCUT2D eigenvalue weighted by Crippen LogP contribution is -2.55. The summed E-state index contributed by atoms with van der Waals surface area (Å²) in [6.07, 6.45) is 0.827. The Kier molecular flexibility index (Phi) is 3.17. The molecule has 0 bridgehead atoms. The van der Waals surface area contributed by atoms with Crippen molar-refractivity contribution in [1.29, 1.82) is 0 Å². The van der Waals surface area contributed by atoms with Crippen LogP contribution in [0, 0.1) is 11.8 Å². The molecule has 0 spiro atoms. The fraction of sp³-hybridized carbons (Fsp3) is 0.818. The zero-order valence-electron chi connectivity index (χ0n) is 9.19. The summed E-state index contributed by atoms with van der Waals surface area (Å²) in [6.45, 7) is 9.99. The average Bonchev–Trinajstić information content (AvgIpc) is 1.99. The van der Waals surface area contributed by atoms with Crippen molar-refractivity contribution in [3.8, 4) is 0 Å². The van der Waals surface area contributed by atoms with Gasteiger partial charge in [-0.15, -0.1) is 0 Å². The molecule has 3 heteroatoms. The molecule has 1 heterocycles. The summed E-state index contributed by atoms with van der Waals surface area (Å²) in [7, 11) is 0. The molecule has 1 nitrogen and oxygen atoms in total. The molecule has 1 atom stereocenters. The van der Waals surface area contributed by atoms with Gasteiger partial charge in [-0.25, -0.2) is 8.78 Å². The first-order valence-corrected chi connectivity index (χ1v) is 5.12. The third-order valence-corrected chi connectivity index (χ3v) is 2.99. The van der Waals surface area contributed by atoms with Crippen LogP contribution in [0.25, 0.3) is 0 Å². The van der Waals surface area contributed by atoms with Crippen LogP contribution in [0.3, 0.4) is 0 Å². The molecular formula is C11H19F2N. The molecule has 0 aromatic carbocycles. The second-order valence-corrected chi connectivity index (χ2v) is 4.70. The minimum atomic E-state index is -2.48. The molecule has 1 fully saturated rings. The van der Waals surface area contributed by atoms with Crippen molar-refractivity contribution in [3.05, 3.63) is 12.3 Å². The van der Waals surface area contributed by atoms with Crippen LogP contribution in [0.5, 0.6) is 0 Å². The Balaban J connectivity index is 2.31. The van der Waals surface area contributed by atoms with E-state index in [0.717, 1.165) is 12.1 Å². The quantitative estimate of drug-likeness (QED) is 0.678. The van der Waals surface area contributed by atoms with Crippen LogP contribution in [-0.2, 0) is 0 Å². The molecule has 0 radical (unpaired) electrons. The summed E-state index contributed by atoms with van der Waals surface area (Å²) in [5.74, 6) is -1.39. The first kappa shape index (κ1) is 11.5. The average molecular weight is 203 g/mol. The van der Waals surface area contributed by atoms with Gasteiger partial charge in [-0.05, 0) is 18.3 Å². The van der Waals surface area contributed by atoms with Gasteiger partial charge in [0.05, 0.1) is 13.1 Å². The van der Waals surface area contributed by atoms with Crippen LogP contribution in [0.15, 0.2) is 12.3 Å². The fourth-order valence-electron chi connectivity index (χ4n) is 1.47. The van der Waals surface area contributed by atoms with Crippen LogP contribution in [0.2, 0.25) is 0 Å². The highest BCUT2D eigenvalue weighted by molar-refractivity contribution is 5.04. The topological polar surface area (TPSA) is 3.24 Å². The highest BCUT2D eigenvalue weighted by Crippen LogP contribution is 2.32. The molecule has 0 amide bonds. The van der Waals surface area contributed by atoms with Gasteiger partial charge in [-0.3, -0.25) is 0 Å². The number of hydrogen-bond acceptors (Lipinski definition) is 1. The number of nitrogens with zero attached hydrogens (tertiary/aromatic N) is 1. The van der Waals surface area contributed by atoms with Crippen molar-refractivity contribution in [1.82, 2.24) is 4.90 Å². The normalized spacial score (nSPS) is 22.0. The summed E-state index contributed by atoms with van der Waals surface area (Å²) in [5.41, 5.74) is 0.858.